The maximum absolute atomic E-state index is 12.6. The molecule has 1 N–H and O–H groups in total. The fraction of sp³-hybridized carbons (Fsp3) is 0.733. The lowest BCUT2D eigenvalue weighted by Crippen LogP contribution is -2.66. The van der Waals surface area contributed by atoms with Gasteiger partial charge in [-0.15, -0.1) is 0 Å². The van der Waals surface area contributed by atoms with Crippen LogP contribution in [0.1, 0.15) is 41.0 Å². The minimum absolute atomic E-state index is 0.0237. The number of rotatable bonds is 5. The molecule has 1 aliphatic rings. The van der Waals surface area contributed by atoms with Crippen LogP contribution in [0.25, 0.3) is 0 Å². The van der Waals surface area contributed by atoms with Crippen molar-refractivity contribution in [3.63, 3.8) is 0 Å². The number of carbonyl (C=O) groups is 2. The second-order valence-corrected chi connectivity index (χ2v) is 5.98. The summed E-state index contributed by atoms with van der Waals surface area (Å²) < 4.78 is 0. The summed E-state index contributed by atoms with van der Waals surface area (Å²) >= 11 is 0. The lowest BCUT2D eigenvalue weighted by atomic mass is 9.90. The van der Waals surface area contributed by atoms with E-state index in [-0.39, 0.29) is 29.7 Å². The molecule has 0 bridgehead atoms. The molecule has 4 nitrogen and oxygen atoms in total. The van der Waals surface area contributed by atoms with Gasteiger partial charge in [-0.25, -0.2) is 0 Å². The Bertz CT molecular complexity index is 376. The van der Waals surface area contributed by atoms with E-state index >= 15 is 0 Å². The van der Waals surface area contributed by atoms with E-state index < -0.39 is 6.04 Å². The monoisotopic (exact) mass is 266 g/mol. The van der Waals surface area contributed by atoms with Crippen LogP contribution >= 0.6 is 0 Å². The maximum Gasteiger partial charge on any atom is 0.246 e. The van der Waals surface area contributed by atoms with Gasteiger partial charge in [0.05, 0.1) is 0 Å². The lowest BCUT2D eigenvalue weighted by molar-refractivity contribution is -0.152. The van der Waals surface area contributed by atoms with Crippen LogP contribution in [-0.4, -0.2) is 35.3 Å². The van der Waals surface area contributed by atoms with Crippen molar-refractivity contribution in [2.75, 3.05) is 6.54 Å². The highest BCUT2D eigenvalue weighted by Gasteiger charge is 2.43. The lowest BCUT2D eigenvalue weighted by Gasteiger charge is -2.42. The highest BCUT2D eigenvalue weighted by molar-refractivity contribution is 5.97. The molecule has 0 aromatic heterocycles. The van der Waals surface area contributed by atoms with E-state index in [2.05, 4.69) is 11.9 Å². The Kier molecular flexibility index (Phi) is 5.15. The number of piperazine rings is 1. The fourth-order valence-corrected chi connectivity index (χ4v) is 2.51. The zero-order valence-electron chi connectivity index (χ0n) is 12.7. The molecular weight excluding hydrogens is 240 g/mol. The van der Waals surface area contributed by atoms with Crippen LogP contribution in [0.2, 0.25) is 0 Å². The molecule has 3 unspecified atom stereocenters. The second kappa shape index (κ2) is 6.22. The Morgan fingerprint density at radius 3 is 2.37 bits per heavy atom. The van der Waals surface area contributed by atoms with Crippen molar-refractivity contribution < 1.29 is 9.59 Å². The maximum atomic E-state index is 12.6. The average Bonchev–Trinajstić information content (AvgIpc) is 2.31. The molecule has 108 valence electrons. The van der Waals surface area contributed by atoms with Crippen molar-refractivity contribution in [3.8, 4) is 0 Å². The van der Waals surface area contributed by atoms with Crippen LogP contribution < -0.4 is 5.32 Å². The van der Waals surface area contributed by atoms with E-state index in [9.17, 15) is 9.59 Å². The SMILES string of the molecule is C=C(C)CN1C(=O)C(C(C)CC)NC(=O)C1C(C)C. The Labute approximate surface area is 116 Å². The van der Waals surface area contributed by atoms with Gasteiger partial charge in [-0.1, -0.05) is 46.3 Å². The highest BCUT2D eigenvalue weighted by atomic mass is 16.2. The normalized spacial score (nSPS) is 25.5. The topological polar surface area (TPSA) is 49.4 Å². The zero-order chi connectivity index (χ0) is 14.7. The number of nitrogens with zero attached hydrogens (tertiary/aromatic N) is 1. The molecule has 1 heterocycles. The first-order valence-corrected chi connectivity index (χ1v) is 7.04. The van der Waals surface area contributed by atoms with Crippen LogP contribution in [-0.2, 0) is 9.59 Å². The van der Waals surface area contributed by atoms with Crippen molar-refractivity contribution in [2.24, 2.45) is 11.8 Å². The van der Waals surface area contributed by atoms with Crippen LogP contribution in [0.3, 0.4) is 0 Å². The van der Waals surface area contributed by atoms with Crippen molar-refractivity contribution in [1.82, 2.24) is 10.2 Å². The molecule has 1 fully saturated rings. The largest absolute Gasteiger partial charge is 0.342 e. The molecule has 3 atom stereocenters. The van der Waals surface area contributed by atoms with E-state index in [1.54, 1.807) is 4.90 Å². The van der Waals surface area contributed by atoms with Crippen LogP contribution in [0, 0.1) is 11.8 Å². The molecule has 19 heavy (non-hydrogen) atoms. The van der Waals surface area contributed by atoms with Crippen molar-refractivity contribution in [1.29, 1.82) is 0 Å². The van der Waals surface area contributed by atoms with Gasteiger partial charge in [-0.3, -0.25) is 9.59 Å². The predicted molar refractivity (Wildman–Crippen MR) is 76.5 cm³/mol. The molecule has 0 aromatic carbocycles. The van der Waals surface area contributed by atoms with E-state index in [0.717, 1.165) is 12.0 Å². The van der Waals surface area contributed by atoms with Crippen molar-refractivity contribution in [2.45, 2.75) is 53.1 Å². The zero-order valence-corrected chi connectivity index (χ0v) is 12.7. The first-order chi connectivity index (χ1) is 8.79. The third-order valence-corrected chi connectivity index (χ3v) is 3.74. The average molecular weight is 266 g/mol. The van der Waals surface area contributed by atoms with E-state index in [0.29, 0.717) is 6.54 Å². The first-order valence-electron chi connectivity index (χ1n) is 7.04. The third-order valence-electron chi connectivity index (χ3n) is 3.74. The molecule has 0 aliphatic carbocycles. The molecule has 4 heteroatoms. The standard InChI is InChI=1S/C15H26N2O2/c1-7-11(6)12-15(19)17(8-9(2)3)13(10(4)5)14(18)16-12/h10-13H,2,7-8H2,1,3-6H3,(H,16,18). The smallest absolute Gasteiger partial charge is 0.246 e. The molecule has 1 rings (SSSR count). The number of carbonyl (C=O) groups excluding carboxylic acids is 2. The minimum Gasteiger partial charge on any atom is -0.342 e. The molecule has 0 saturated carbocycles. The van der Waals surface area contributed by atoms with Crippen molar-refractivity contribution in [3.05, 3.63) is 12.2 Å². The van der Waals surface area contributed by atoms with Gasteiger partial charge in [0.25, 0.3) is 0 Å². The highest BCUT2D eigenvalue weighted by Crippen LogP contribution is 2.22. The van der Waals surface area contributed by atoms with Crippen molar-refractivity contribution >= 4 is 11.8 Å². The third kappa shape index (κ3) is 3.37. The molecule has 0 radical (unpaired) electrons. The molecule has 0 aromatic rings. The van der Waals surface area contributed by atoms with Gasteiger partial charge in [0, 0.05) is 6.54 Å². The second-order valence-electron chi connectivity index (χ2n) is 5.98. The molecule has 1 aliphatic heterocycles. The number of nitrogens with one attached hydrogen (secondary N) is 1. The summed E-state index contributed by atoms with van der Waals surface area (Å²) in [5.74, 6) is 0.232. The Hall–Kier alpha value is -1.32. The van der Waals surface area contributed by atoms with Crippen LogP contribution in [0.5, 0.6) is 0 Å². The van der Waals surface area contributed by atoms with Gasteiger partial charge in [0.2, 0.25) is 11.8 Å². The Balaban J connectivity index is 3.04. The summed E-state index contributed by atoms with van der Waals surface area (Å²) in [4.78, 5) is 26.6. The summed E-state index contributed by atoms with van der Waals surface area (Å²) in [6.45, 7) is 14.2. The summed E-state index contributed by atoms with van der Waals surface area (Å²) in [5, 5.41) is 2.89. The summed E-state index contributed by atoms with van der Waals surface area (Å²) in [7, 11) is 0. The number of amides is 2. The minimum atomic E-state index is -0.396. The summed E-state index contributed by atoms with van der Waals surface area (Å²) in [6.07, 6.45) is 0.865. The first kappa shape index (κ1) is 15.7. The predicted octanol–water partition coefficient (Wildman–Crippen LogP) is 1.96. The Morgan fingerprint density at radius 1 is 1.37 bits per heavy atom. The quantitative estimate of drug-likeness (QED) is 0.773. The van der Waals surface area contributed by atoms with Gasteiger partial charge < -0.3 is 10.2 Å². The van der Waals surface area contributed by atoms with E-state index in [4.69, 9.17) is 0 Å². The number of hydrogen-bond donors (Lipinski definition) is 1. The molecule has 1 saturated heterocycles. The molecule has 2 amide bonds. The molecular formula is C15H26N2O2. The van der Waals surface area contributed by atoms with E-state index in [1.165, 1.54) is 0 Å². The van der Waals surface area contributed by atoms with Gasteiger partial charge in [-0.05, 0) is 18.8 Å². The van der Waals surface area contributed by atoms with Crippen LogP contribution in [0.15, 0.2) is 12.2 Å². The summed E-state index contributed by atoms with van der Waals surface area (Å²) in [5.41, 5.74) is 0.900. The summed E-state index contributed by atoms with van der Waals surface area (Å²) in [6, 6.07) is -0.781. The Morgan fingerprint density at radius 2 is 1.95 bits per heavy atom. The van der Waals surface area contributed by atoms with Gasteiger partial charge >= 0.3 is 0 Å². The van der Waals surface area contributed by atoms with E-state index in [1.807, 2.05) is 34.6 Å². The van der Waals surface area contributed by atoms with Gasteiger partial charge in [-0.2, -0.15) is 0 Å². The van der Waals surface area contributed by atoms with Gasteiger partial charge in [0.15, 0.2) is 0 Å². The number of hydrogen-bond acceptors (Lipinski definition) is 2. The molecule has 0 spiro atoms. The van der Waals surface area contributed by atoms with Gasteiger partial charge in [0.1, 0.15) is 12.1 Å². The fourth-order valence-electron chi connectivity index (χ4n) is 2.51. The van der Waals surface area contributed by atoms with Crippen LogP contribution in [0.4, 0.5) is 0 Å².